The molecule has 0 unspecified atom stereocenters. The summed E-state index contributed by atoms with van der Waals surface area (Å²) < 4.78 is 32.4. The molecule has 1 N–H and O–H groups in total. The van der Waals surface area contributed by atoms with Crippen molar-refractivity contribution in [1.82, 2.24) is 5.32 Å². The first-order chi connectivity index (χ1) is 7.64. The van der Waals surface area contributed by atoms with E-state index < -0.39 is 9.84 Å². The van der Waals surface area contributed by atoms with Gasteiger partial charge < -0.3 is 14.5 Å². The second-order valence-corrected chi connectivity index (χ2v) is 5.76. The second-order valence-electron chi connectivity index (χ2n) is 3.45. The van der Waals surface area contributed by atoms with Gasteiger partial charge in [-0.1, -0.05) is 0 Å². The zero-order valence-electron chi connectivity index (χ0n) is 9.31. The summed E-state index contributed by atoms with van der Waals surface area (Å²) in [5, 5.41) is 3.04. The fourth-order valence-corrected chi connectivity index (χ4v) is 2.25. The largest absolute Gasteiger partial charge is 0.472 e. The van der Waals surface area contributed by atoms with E-state index in [1.165, 1.54) is 7.11 Å². The van der Waals surface area contributed by atoms with E-state index in [0.717, 1.165) is 5.56 Å². The van der Waals surface area contributed by atoms with E-state index in [2.05, 4.69) is 5.32 Å². The Bertz CT molecular complexity index is 372. The van der Waals surface area contributed by atoms with Crippen LogP contribution < -0.4 is 5.32 Å². The molecule has 16 heavy (non-hydrogen) atoms. The predicted molar refractivity (Wildman–Crippen MR) is 60.9 cm³/mol. The molecule has 0 atom stereocenters. The van der Waals surface area contributed by atoms with Gasteiger partial charge in [-0.2, -0.15) is 0 Å². The highest BCUT2D eigenvalue weighted by Gasteiger charge is 2.09. The summed E-state index contributed by atoms with van der Waals surface area (Å²) in [6.45, 7) is 1.32. The highest BCUT2D eigenvalue weighted by atomic mass is 32.2. The number of furan rings is 1. The average Bonchev–Trinajstić information content (AvgIpc) is 2.75. The van der Waals surface area contributed by atoms with Crippen molar-refractivity contribution in [2.75, 3.05) is 31.8 Å². The van der Waals surface area contributed by atoms with E-state index >= 15 is 0 Å². The Hall–Kier alpha value is -0.850. The molecule has 1 rings (SSSR count). The smallest absolute Gasteiger partial charge is 0.153 e. The first-order valence-corrected chi connectivity index (χ1v) is 6.87. The molecule has 1 heterocycles. The van der Waals surface area contributed by atoms with Gasteiger partial charge in [-0.15, -0.1) is 0 Å². The van der Waals surface area contributed by atoms with Crippen LogP contribution in [0.5, 0.6) is 0 Å². The average molecular weight is 247 g/mol. The van der Waals surface area contributed by atoms with Gasteiger partial charge in [0.2, 0.25) is 0 Å². The summed E-state index contributed by atoms with van der Waals surface area (Å²) in [5.41, 5.74) is 1.01. The minimum Gasteiger partial charge on any atom is -0.472 e. The Labute approximate surface area is 95.7 Å². The zero-order chi connectivity index (χ0) is 11.9. The predicted octanol–water partition coefficient (Wildman–Crippen LogP) is 0.430. The van der Waals surface area contributed by atoms with Crippen molar-refractivity contribution in [3.8, 4) is 0 Å². The minimum atomic E-state index is -3.00. The van der Waals surface area contributed by atoms with Gasteiger partial charge in [0.1, 0.15) is 0 Å². The van der Waals surface area contributed by atoms with Gasteiger partial charge in [0.15, 0.2) is 9.84 Å². The van der Waals surface area contributed by atoms with Crippen molar-refractivity contribution < 1.29 is 17.6 Å². The Morgan fingerprint density at radius 1 is 1.44 bits per heavy atom. The highest BCUT2D eigenvalue weighted by Crippen LogP contribution is 1.98. The number of ether oxygens (including phenoxy) is 1. The fourth-order valence-electron chi connectivity index (χ4n) is 1.17. The molecular weight excluding hydrogens is 230 g/mol. The van der Waals surface area contributed by atoms with Gasteiger partial charge in [-0.3, -0.25) is 0 Å². The van der Waals surface area contributed by atoms with Crippen molar-refractivity contribution in [2.24, 2.45) is 0 Å². The summed E-state index contributed by atoms with van der Waals surface area (Å²) in [5.74, 6) is 0.213. The maximum atomic E-state index is 11.4. The van der Waals surface area contributed by atoms with E-state index in [1.807, 2.05) is 6.07 Å². The third-order valence-corrected chi connectivity index (χ3v) is 3.71. The lowest BCUT2D eigenvalue weighted by molar-refractivity contribution is 0.217. The normalized spacial score (nSPS) is 11.8. The Morgan fingerprint density at radius 3 is 2.88 bits per heavy atom. The molecule has 0 aliphatic rings. The molecule has 0 saturated carbocycles. The summed E-state index contributed by atoms with van der Waals surface area (Å²) >= 11 is 0. The number of hydrogen-bond acceptors (Lipinski definition) is 5. The fraction of sp³-hybridized carbons (Fsp3) is 0.600. The molecule has 0 aliphatic carbocycles. The van der Waals surface area contributed by atoms with Crippen molar-refractivity contribution >= 4 is 9.84 Å². The Kier molecular flexibility index (Phi) is 5.51. The first-order valence-electron chi connectivity index (χ1n) is 5.05. The molecule has 0 aliphatic heterocycles. The van der Waals surface area contributed by atoms with Crippen LogP contribution in [-0.4, -0.2) is 40.2 Å². The molecule has 6 heteroatoms. The third kappa shape index (κ3) is 5.29. The van der Waals surface area contributed by atoms with Crippen molar-refractivity contribution in [3.05, 3.63) is 24.2 Å². The number of sulfone groups is 1. The van der Waals surface area contributed by atoms with Crippen LogP contribution in [0.2, 0.25) is 0 Å². The summed E-state index contributed by atoms with van der Waals surface area (Å²) in [6.07, 6.45) is 3.22. The van der Waals surface area contributed by atoms with Crippen LogP contribution in [0.25, 0.3) is 0 Å². The molecule has 5 nitrogen and oxygen atoms in total. The van der Waals surface area contributed by atoms with Crippen LogP contribution in [0, 0.1) is 0 Å². The summed E-state index contributed by atoms with van der Waals surface area (Å²) in [6, 6.07) is 1.84. The molecule has 92 valence electrons. The first kappa shape index (κ1) is 13.2. The number of methoxy groups -OCH3 is 1. The number of rotatable bonds is 8. The minimum absolute atomic E-state index is 0.0802. The molecule has 0 aromatic carbocycles. The lowest BCUT2D eigenvalue weighted by Crippen LogP contribution is -2.25. The van der Waals surface area contributed by atoms with Gasteiger partial charge in [-0.05, 0) is 6.07 Å². The van der Waals surface area contributed by atoms with Gasteiger partial charge in [0.25, 0.3) is 0 Å². The van der Waals surface area contributed by atoms with Crippen LogP contribution in [0.3, 0.4) is 0 Å². The molecule has 0 radical (unpaired) electrons. The topological polar surface area (TPSA) is 68.5 Å². The van der Waals surface area contributed by atoms with Crippen molar-refractivity contribution in [3.63, 3.8) is 0 Å². The SMILES string of the molecule is COCCS(=O)(=O)CCNCc1ccoc1. The Morgan fingerprint density at radius 2 is 2.25 bits per heavy atom. The summed E-state index contributed by atoms with van der Waals surface area (Å²) in [4.78, 5) is 0. The zero-order valence-corrected chi connectivity index (χ0v) is 10.1. The van der Waals surface area contributed by atoms with Crippen LogP contribution in [0.1, 0.15) is 5.56 Å². The molecule has 0 amide bonds. The van der Waals surface area contributed by atoms with Crippen molar-refractivity contribution in [1.29, 1.82) is 0 Å². The Balaban J connectivity index is 2.15. The van der Waals surface area contributed by atoms with Gasteiger partial charge in [0.05, 0.1) is 30.6 Å². The van der Waals surface area contributed by atoms with E-state index in [9.17, 15) is 8.42 Å². The van der Waals surface area contributed by atoms with Gasteiger partial charge in [0, 0.05) is 25.8 Å². The molecule has 0 spiro atoms. The lowest BCUT2D eigenvalue weighted by Gasteiger charge is -2.04. The lowest BCUT2D eigenvalue weighted by atomic mass is 10.3. The van der Waals surface area contributed by atoms with E-state index in [1.54, 1.807) is 12.5 Å². The van der Waals surface area contributed by atoms with Gasteiger partial charge in [-0.25, -0.2) is 8.42 Å². The van der Waals surface area contributed by atoms with E-state index in [4.69, 9.17) is 9.15 Å². The quantitative estimate of drug-likeness (QED) is 0.675. The molecule has 0 fully saturated rings. The number of hydrogen-bond donors (Lipinski definition) is 1. The summed E-state index contributed by atoms with van der Waals surface area (Å²) in [7, 11) is -1.50. The van der Waals surface area contributed by atoms with E-state index in [0.29, 0.717) is 13.1 Å². The molecule has 1 aromatic rings. The van der Waals surface area contributed by atoms with Crippen LogP contribution in [0.15, 0.2) is 23.0 Å². The van der Waals surface area contributed by atoms with Crippen molar-refractivity contribution in [2.45, 2.75) is 6.54 Å². The maximum Gasteiger partial charge on any atom is 0.153 e. The molecule has 0 saturated heterocycles. The molecular formula is C10H17NO4S. The molecule has 1 aromatic heterocycles. The maximum absolute atomic E-state index is 11.4. The van der Waals surface area contributed by atoms with Crippen LogP contribution >= 0.6 is 0 Å². The standard InChI is InChI=1S/C10H17NO4S/c1-14-5-7-16(12,13)6-3-11-8-10-2-4-15-9-10/h2,4,9,11H,3,5-8H2,1H3. The van der Waals surface area contributed by atoms with Gasteiger partial charge >= 0.3 is 0 Å². The van der Waals surface area contributed by atoms with Crippen LogP contribution in [-0.2, 0) is 21.1 Å². The number of nitrogens with one attached hydrogen (secondary N) is 1. The highest BCUT2D eigenvalue weighted by molar-refractivity contribution is 7.91. The van der Waals surface area contributed by atoms with Crippen LogP contribution in [0.4, 0.5) is 0 Å². The monoisotopic (exact) mass is 247 g/mol. The molecule has 0 bridgehead atoms. The second kappa shape index (κ2) is 6.67. The van der Waals surface area contributed by atoms with E-state index in [-0.39, 0.29) is 18.1 Å². The third-order valence-electron chi connectivity index (χ3n) is 2.10.